The van der Waals surface area contributed by atoms with Crippen LogP contribution in [-0.4, -0.2) is 18.2 Å². The summed E-state index contributed by atoms with van der Waals surface area (Å²) in [6.45, 7) is 10.6. The van der Waals surface area contributed by atoms with Gasteiger partial charge in [0.1, 0.15) is 11.4 Å². The molecule has 22 heavy (non-hydrogen) atoms. The number of carbonyl (C=O) groups excluding carboxylic acids is 1. The maximum Gasteiger partial charge on any atom is 0.310 e. The van der Waals surface area contributed by atoms with Crippen LogP contribution >= 0.6 is 0 Å². The molecule has 0 saturated carbocycles. The average Bonchev–Trinajstić information content (AvgIpc) is 2.46. The molecule has 0 bridgehead atoms. The molecule has 0 spiro atoms. The van der Waals surface area contributed by atoms with E-state index in [4.69, 9.17) is 9.47 Å². The zero-order chi connectivity index (χ0) is 16.6. The number of allylic oxidation sites excluding steroid dienone is 1. The Morgan fingerprint density at radius 1 is 1.18 bits per heavy atom. The predicted octanol–water partition coefficient (Wildman–Crippen LogP) is 4.70. The number of hydrogen-bond acceptors (Lipinski definition) is 3. The first-order valence-corrected chi connectivity index (χ1v) is 8.06. The van der Waals surface area contributed by atoms with E-state index >= 15 is 0 Å². The van der Waals surface area contributed by atoms with Crippen molar-refractivity contribution in [2.24, 2.45) is 0 Å². The van der Waals surface area contributed by atoms with Crippen molar-refractivity contribution in [2.75, 3.05) is 6.61 Å². The Bertz CT molecular complexity index is 515. The van der Waals surface area contributed by atoms with Crippen LogP contribution in [0.25, 0.3) is 0 Å². The largest absolute Gasteiger partial charge is 0.483 e. The van der Waals surface area contributed by atoms with Gasteiger partial charge in [0.05, 0.1) is 13.0 Å². The fourth-order valence-corrected chi connectivity index (χ4v) is 2.52. The zero-order valence-electron chi connectivity index (χ0n) is 14.4. The Morgan fingerprint density at radius 2 is 1.86 bits per heavy atom. The van der Waals surface area contributed by atoms with Gasteiger partial charge in [-0.3, -0.25) is 4.79 Å². The lowest BCUT2D eigenvalue weighted by Gasteiger charge is -2.30. The standard InChI is InChI=1S/C19H28O3/c1-6-11-16(7-2)19(4,5)22-17-13-10-9-12-15(17)14-18(20)21-8-3/h9-13H,6-8,14H2,1-5H3/b16-11+. The SMILES string of the molecule is CC/C=C(\CC)C(C)(C)Oc1ccccc1CC(=O)OCC. The normalized spacial score (nSPS) is 12.1. The Labute approximate surface area is 134 Å². The molecule has 0 aliphatic carbocycles. The highest BCUT2D eigenvalue weighted by Crippen LogP contribution is 2.29. The molecule has 0 unspecified atom stereocenters. The lowest BCUT2D eigenvalue weighted by atomic mass is 9.94. The van der Waals surface area contributed by atoms with Crippen molar-refractivity contribution in [2.45, 2.75) is 59.5 Å². The lowest BCUT2D eigenvalue weighted by Crippen LogP contribution is -2.31. The molecular weight excluding hydrogens is 276 g/mol. The van der Waals surface area contributed by atoms with E-state index in [-0.39, 0.29) is 12.4 Å². The van der Waals surface area contributed by atoms with Gasteiger partial charge < -0.3 is 9.47 Å². The molecule has 0 N–H and O–H groups in total. The fourth-order valence-electron chi connectivity index (χ4n) is 2.52. The lowest BCUT2D eigenvalue weighted by molar-refractivity contribution is -0.142. The number of para-hydroxylation sites is 1. The summed E-state index contributed by atoms with van der Waals surface area (Å²) in [6, 6.07) is 7.67. The molecule has 0 amide bonds. The molecule has 0 radical (unpaired) electrons. The third kappa shape index (κ3) is 5.21. The van der Waals surface area contributed by atoms with Crippen LogP contribution in [0.5, 0.6) is 5.75 Å². The third-order valence-electron chi connectivity index (χ3n) is 3.58. The van der Waals surface area contributed by atoms with Gasteiger partial charge in [-0.05, 0) is 45.3 Å². The van der Waals surface area contributed by atoms with Crippen LogP contribution in [-0.2, 0) is 16.0 Å². The van der Waals surface area contributed by atoms with Crippen LogP contribution in [0.1, 0.15) is 53.0 Å². The minimum absolute atomic E-state index is 0.226. The second-order valence-corrected chi connectivity index (χ2v) is 5.69. The summed E-state index contributed by atoms with van der Waals surface area (Å²) < 4.78 is 11.3. The van der Waals surface area contributed by atoms with Crippen molar-refractivity contribution >= 4 is 5.97 Å². The summed E-state index contributed by atoms with van der Waals surface area (Å²) in [7, 11) is 0. The average molecular weight is 304 g/mol. The first-order chi connectivity index (χ1) is 10.4. The second kappa shape index (κ2) is 8.62. The van der Waals surface area contributed by atoms with E-state index in [9.17, 15) is 4.79 Å². The van der Waals surface area contributed by atoms with E-state index in [1.54, 1.807) is 0 Å². The van der Waals surface area contributed by atoms with Crippen molar-refractivity contribution in [1.29, 1.82) is 0 Å². The number of benzene rings is 1. The van der Waals surface area contributed by atoms with Crippen LogP contribution < -0.4 is 4.74 Å². The molecule has 0 atom stereocenters. The first-order valence-electron chi connectivity index (χ1n) is 8.06. The summed E-state index contributed by atoms with van der Waals surface area (Å²) in [6.07, 6.45) is 4.38. The Kier molecular flexibility index (Phi) is 7.16. The maximum atomic E-state index is 11.7. The van der Waals surface area contributed by atoms with Gasteiger partial charge in [-0.1, -0.05) is 38.1 Å². The minimum atomic E-state index is -0.393. The molecule has 0 aliphatic heterocycles. The number of ether oxygens (including phenoxy) is 2. The highest BCUT2D eigenvalue weighted by molar-refractivity contribution is 5.73. The van der Waals surface area contributed by atoms with Gasteiger partial charge in [0.25, 0.3) is 0 Å². The van der Waals surface area contributed by atoms with E-state index in [1.807, 2.05) is 31.2 Å². The number of carbonyl (C=O) groups is 1. The maximum absolute atomic E-state index is 11.7. The summed E-state index contributed by atoms with van der Waals surface area (Å²) >= 11 is 0. The predicted molar refractivity (Wildman–Crippen MR) is 90.2 cm³/mol. The molecule has 0 saturated heterocycles. The van der Waals surface area contributed by atoms with Crippen LogP contribution in [0.15, 0.2) is 35.9 Å². The van der Waals surface area contributed by atoms with Crippen molar-refractivity contribution in [3.8, 4) is 5.75 Å². The van der Waals surface area contributed by atoms with Gasteiger partial charge in [0.15, 0.2) is 0 Å². The minimum Gasteiger partial charge on any atom is -0.483 e. The van der Waals surface area contributed by atoms with Crippen LogP contribution in [0.3, 0.4) is 0 Å². The van der Waals surface area contributed by atoms with Gasteiger partial charge in [-0.15, -0.1) is 0 Å². The molecule has 3 heteroatoms. The smallest absolute Gasteiger partial charge is 0.310 e. The van der Waals surface area contributed by atoms with Crippen molar-refractivity contribution in [1.82, 2.24) is 0 Å². The van der Waals surface area contributed by atoms with Crippen LogP contribution in [0, 0.1) is 0 Å². The van der Waals surface area contributed by atoms with Gasteiger partial charge in [-0.2, -0.15) is 0 Å². The van der Waals surface area contributed by atoms with Crippen LogP contribution in [0.2, 0.25) is 0 Å². The summed E-state index contributed by atoms with van der Waals surface area (Å²) in [5.41, 5.74) is 1.73. The van der Waals surface area contributed by atoms with Crippen molar-refractivity contribution < 1.29 is 14.3 Å². The third-order valence-corrected chi connectivity index (χ3v) is 3.58. The summed E-state index contributed by atoms with van der Waals surface area (Å²) in [5.74, 6) is 0.521. The molecular formula is C19H28O3. The number of hydrogen-bond donors (Lipinski definition) is 0. The molecule has 1 aromatic rings. The highest BCUT2D eigenvalue weighted by atomic mass is 16.5. The van der Waals surface area contributed by atoms with E-state index < -0.39 is 5.60 Å². The quantitative estimate of drug-likeness (QED) is 0.516. The molecule has 0 aliphatic rings. The topological polar surface area (TPSA) is 35.5 Å². The van der Waals surface area contributed by atoms with E-state index in [0.717, 1.165) is 24.2 Å². The molecule has 1 rings (SSSR count). The van der Waals surface area contributed by atoms with E-state index in [0.29, 0.717) is 6.61 Å². The van der Waals surface area contributed by atoms with Crippen molar-refractivity contribution in [3.05, 3.63) is 41.5 Å². The monoisotopic (exact) mass is 304 g/mol. The Morgan fingerprint density at radius 3 is 2.45 bits per heavy atom. The Hall–Kier alpha value is -1.77. The Balaban J connectivity index is 2.97. The van der Waals surface area contributed by atoms with Gasteiger partial charge in [-0.25, -0.2) is 0 Å². The number of rotatable bonds is 8. The van der Waals surface area contributed by atoms with E-state index in [2.05, 4.69) is 33.8 Å². The first kappa shape index (κ1) is 18.3. The molecule has 0 aromatic heterocycles. The molecule has 122 valence electrons. The highest BCUT2D eigenvalue weighted by Gasteiger charge is 2.25. The second-order valence-electron chi connectivity index (χ2n) is 5.69. The van der Waals surface area contributed by atoms with Gasteiger partial charge >= 0.3 is 5.97 Å². The fraction of sp³-hybridized carbons (Fsp3) is 0.526. The zero-order valence-corrected chi connectivity index (χ0v) is 14.4. The summed E-state index contributed by atoms with van der Waals surface area (Å²) in [5, 5.41) is 0. The molecule has 3 nitrogen and oxygen atoms in total. The van der Waals surface area contributed by atoms with Crippen LogP contribution in [0.4, 0.5) is 0 Å². The van der Waals surface area contributed by atoms with Gasteiger partial charge in [0, 0.05) is 5.56 Å². The van der Waals surface area contributed by atoms with E-state index in [1.165, 1.54) is 5.57 Å². The van der Waals surface area contributed by atoms with Gasteiger partial charge in [0.2, 0.25) is 0 Å². The number of esters is 1. The summed E-state index contributed by atoms with van der Waals surface area (Å²) in [4.78, 5) is 11.7. The molecule has 0 fully saturated rings. The molecule has 0 heterocycles. The van der Waals surface area contributed by atoms with Crippen molar-refractivity contribution in [3.63, 3.8) is 0 Å². The molecule has 1 aromatic carbocycles.